The van der Waals surface area contributed by atoms with Crippen LogP contribution in [0.4, 0.5) is 5.82 Å². The second-order valence-corrected chi connectivity index (χ2v) is 6.07. The lowest BCUT2D eigenvalue weighted by molar-refractivity contribution is 0.598. The van der Waals surface area contributed by atoms with Gasteiger partial charge in [0.2, 0.25) is 0 Å². The fourth-order valence-electron chi connectivity index (χ4n) is 1.34. The highest BCUT2D eigenvalue weighted by Crippen LogP contribution is 2.24. The molecule has 9 heteroatoms. The van der Waals surface area contributed by atoms with Crippen LogP contribution in [0.25, 0.3) is 5.65 Å². The minimum Gasteiger partial charge on any atom is -0.382 e. The highest BCUT2D eigenvalue weighted by Gasteiger charge is 2.22. The van der Waals surface area contributed by atoms with Gasteiger partial charge < -0.3 is 5.73 Å². The van der Waals surface area contributed by atoms with Gasteiger partial charge in [0.1, 0.15) is 17.5 Å². The first-order valence-electron chi connectivity index (χ1n) is 4.29. The quantitative estimate of drug-likeness (QED) is 0.759. The van der Waals surface area contributed by atoms with E-state index in [9.17, 15) is 8.42 Å². The molecule has 2 aromatic rings. The maximum absolute atomic E-state index is 11.5. The summed E-state index contributed by atoms with van der Waals surface area (Å²) in [7, 11) is -3.63. The molecular weight excluding hydrogens is 310 g/mol. The van der Waals surface area contributed by atoms with Crippen LogP contribution in [0.1, 0.15) is 5.56 Å². The summed E-state index contributed by atoms with van der Waals surface area (Å²) in [6.45, 7) is 0. The van der Waals surface area contributed by atoms with Crippen LogP contribution in [-0.2, 0) is 9.84 Å². The summed E-state index contributed by atoms with van der Waals surface area (Å²) < 4.78 is 24.8. The Bertz CT molecular complexity index is 758. The van der Waals surface area contributed by atoms with Gasteiger partial charge in [0.05, 0.1) is 10.7 Å². The van der Waals surface area contributed by atoms with Gasteiger partial charge in [-0.15, -0.1) is 0 Å². The Balaban J connectivity index is 3.04. The molecule has 2 aromatic heterocycles. The summed E-state index contributed by atoms with van der Waals surface area (Å²) >= 11 is 3.17. The zero-order valence-corrected chi connectivity index (χ0v) is 10.9. The van der Waals surface area contributed by atoms with Crippen LogP contribution in [0.5, 0.6) is 0 Å². The van der Waals surface area contributed by atoms with Gasteiger partial charge in [-0.25, -0.2) is 13.4 Å². The molecule has 2 rings (SSSR count). The lowest BCUT2D eigenvalue weighted by Gasteiger charge is -2.05. The van der Waals surface area contributed by atoms with Crippen molar-refractivity contribution in [1.82, 2.24) is 14.6 Å². The second kappa shape index (κ2) is 3.68. The summed E-state index contributed by atoms with van der Waals surface area (Å²) in [5.41, 5.74) is 5.75. The van der Waals surface area contributed by atoms with E-state index in [1.165, 1.54) is 10.7 Å². The Morgan fingerprint density at radius 3 is 2.76 bits per heavy atom. The van der Waals surface area contributed by atoms with Crippen LogP contribution in [0.15, 0.2) is 15.7 Å². The van der Waals surface area contributed by atoms with E-state index in [1.54, 1.807) is 6.07 Å². The van der Waals surface area contributed by atoms with Crippen molar-refractivity contribution in [3.05, 3.63) is 16.2 Å². The van der Waals surface area contributed by atoms with Crippen molar-refractivity contribution in [1.29, 1.82) is 5.26 Å². The number of nitrogens with zero attached hydrogens (tertiary/aromatic N) is 4. The number of aromatic nitrogens is 3. The molecule has 0 amide bonds. The van der Waals surface area contributed by atoms with E-state index in [-0.39, 0.29) is 22.1 Å². The van der Waals surface area contributed by atoms with Gasteiger partial charge in [-0.1, -0.05) is 0 Å². The first-order chi connectivity index (χ1) is 7.86. The van der Waals surface area contributed by atoms with Crippen molar-refractivity contribution in [3.8, 4) is 6.07 Å². The summed E-state index contributed by atoms with van der Waals surface area (Å²) in [5, 5.41) is 12.5. The number of sulfone groups is 1. The second-order valence-electron chi connectivity index (χ2n) is 3.29. The lowest BCUT2D eigenvalue weighted by Crippen LogP contribution is -2.11. The summed E-state index contributed by atoms with van der Waals surface area (Å²) in [5.74, 6) is -0.0522. The van der Waals surface area contributed by atoms with Gasteiger partial charge in [0.25, 0.3) is 0 Å². The minimum atomic E-state index is -3.63. The highest BCUT2D eigenvalue weighted by atomic mass is 79.9. The van der Waals surface area contributed by atoms with Gasteiger partial charge in [-0.3, -0.25) is 0 Å². The summed E-state index contributed by atoms with van der Waals surface area (Å²) in [4.78, 5) is 3.90. The van der Waals surface area contributed by atoms with E-state index in [0.29, 0.717) is 4.47 Å². The van der Waals surface area contributed by atoms with Crippen LogP contribution in [0, 0.1) is 11.3 Å². The average molecular weight is 316 g/mol. The molecule has 2 N–H and O–H groups in total. The number of hydrogen-bond acceptors (Lipinski definition) is 6. The van der Waals surface area contributed by atoms with Crippen LogP contribution >= 0.6 is 15.9 Å². The zero-order valence-electron chi connectivity index (χ0n) is 8.55. The highest BCUT2D eigenvalue weighted by molar-refractivity contribution is 9.10. The van der Waals surface area contributed by atoms with Gasteiger partial charge >= 0.3 is 0 Å². The Kier molecular flexibility index (Phi) is 2.56. The smallest absolute Gasteiger partial charge is 0.194 e. The molecule has 88 valence electrons. The SMILES string of the molecule is CS(=O)(=O)c1nc2c(Br)cnn2c(N)c1C#N. The van der Waals surface area contributed by atoms with Crippen LogP contribution in [-0.4, -0.2) is 29.3 Å². The molecular formula is C8H6BrN5O2S. The van der Waals surface area contributed by atoms with E-state index >= 15 is 0 Å². The van der Waals surface area contributed by atoms with E-state index in [1.807, 2.05) is 0 Å². The van der Waals surface area contributed by atoms with Crippen LogP contribution in [0.3, 0.4) is 0 Å². The normalized spacial score (nSPS) is 11.6. The van der Waals surface area contributed by atoms with Crippen molar-refractivity contribution in [2.75, 3.05) is 12.0 Å². The predicted octanol–water partition coefficient (Wildman–Crippen LogP) is 0.349. The fourth-order valence-corrected chi connectivity index (χ4v) is 2.46. The van der Waals surface area contributed by atoms with E-state index in [2.05, 4.69) is 26.0 Å². The molecule has 0 bridgehead atoms. The van der Waals surface area contributed by atoms with Crippen LogP contribution in [0.2, 0.25) is 0 Å². The van der Waals surface area contributed by atoms with Crippen molar-refractivity contribution >= 4 is 37.2 Å². The molecule has 0 saturated carbocycles. The molecule has 0 unspecified atom stereocenters. The van der Waals surface area contributed by atoms with Gasteiger partial charge in [0, 0.05) is 6.26 Å². The number of anilines is 1. The molecule has 2 heterocycles. The lowest BCUT2D eigenvalue weighted by atomic mass is 10.3. The Morgan fingerprint density at radius 1 is 1.59 bits per heavy atom. The molecule has 0 atom stereocenters. The number of nitrogen functional groups attached to an aromatic ring is 1. The zero-order chi connectivity index (χ0) is 12.8. The van der Waals surface area contributed by atoms with E-state index < -0.39 is 9.84 Å². The molecule has 0 radical (unpaired) electrons. The Morgan fingerprint density at radius 2 is 2.24 bits per heavy atom. The number of nitriles is 1. The van der Waals surface area contributed by atoms with Gasteiger partial charge in [-0.2, -0.15) is 14.9 Å². The molecule has 0 aromatic carbocycles. The first kappa shape index (κ1) is 11.8. The monoisotopic (exact) mass is 315 g/mol. The van der Waals surface area contributed by atoms with E-state index in [0.717, 1.165) is 6.26 Å². The van der Waals surface area contributed by atoms with Crippen molar-refractivity contribution in [2.24, 2.45) is 0 Å². The largest absolute Gasteiger partial charge is 0.382 e. The topological polar surface area (TPSA) is 114 Å². The van der Waals surface area contributed by atoms with Crippen molar-refractivity contribution in [3.63, 3.8) is 0 Å². The standard InChI is InChI=1S/C8H6BrN5O2S/c1-17(15,16)8-4(2-10)6(11)14-7(13-8)5(9)3-12-14/h3H,11H2,1H3. The number of rotatable bonds is 1. The summed E-state index contributed by atoms with van der Waals surface area (Å²) in [6, 6.07) is 1.73. The number of nitrogens with two attached hydrogens (primary N) is 1. The molecule has 0 aliphatic carbocycles. The maximum Gasteiger partial charge on any atom is 0.194 e. The van der Waals surface area contributed by atoms with E-state index in [4.69, 9.17) is 11.0 Å². The number of halogens is 1. The molecule has 17 heavy (non-hydrogen) atoms. The maximum atomic E-state index is 11.5. The molecule has 7 nitrogen and oxygen atoms in total. The summed E-state index contributed by atoms with van der Waals surface area (Å²) in [6.07, 6.45) is 2.39. The number of hydrogen-bond donors (Lipinski definition) is 1. The first-order valence-corrected chi connectivity index (χ1v) is 6.97. The molecule has 0 aliphatic rings. The average Bonchev–Trinajstić information content (AvgIpc) is 2.59. The third kappa shape index (κ3) is 1.75. The predicted molar refractivity (Wildman–Crippen MR) is 62.9 cm³/mol. The molecule has 0 aliphatic heterocycles. The molecule has 0 saturated heterocycles. The Labute approximate surface area is 105 Å². The fraction of sp³-hybridized carbons (Fsp3) is 0.125. The molecule has 0 fully saturated rings. The van der Waals surface area contributed by atoms with Crippen molar-refractivity contribution < 1.29 is 8.42 Å². The Hall–Kier alpha value is -1.66. The van der Waals surface area contributed by atoms with Gasteiger partial charge in [-0.05, 0) is 15.9 Å². The van der Waals surface area contributed by atoms with Crippen molar-refractivity contribution in [2.45, 2.75) is 5.03 Å². The van der Waals surface area contributed by atoms with Crippen LogP contribution < -0.4 is 5.73 Å². The third-order valence-corrected chi connectivity index (χ3v) is 3.63. The molecule has 0 spiro atoms. The third-order valence-electron chi connectivity index (χ3n) is 2.07. The minimum absolute atomic E-state index is 0.0522. The number of fused-ring (bicyclic) bond motifs is 1. The van der Waals surface area contributed by atoms with Gasteiger partial charge in [0.15, 0.2) is 20.5 Å².